The molecule has 131 valence electrons. The van der Waals surface area contributed by atoms with E-state index >= 15 is 0 Å². The number of aromatic nitrogens is 1. The molecule has 0 saturated heterocycles. The highest BCUT2D eigenvalue weighted by atomic mass is 16.5. The molecule has 0 aliphatic heterocycles. The lowest BCUT2D eigenvalue weighted by molar-refractivity contribution is -0.0893. The molecule has 2 heterocycles. The summed E-state index contributed by atoms with van der Waals surface area (Å²) in [6.45, 7) is 7.23. The summed E-state index contributed by atoms with van der Waals surface area (Å²) in [5.41, 5.74) is 0.789. The van der Waals surface area contributed by atoms with Gasteiger partial charge in [-0.15, -0.1) is 0 Å². The Bertz CT molecular complexity index is 1110. The van der Waals surface area contributed by atoms with Crippen molar-refractivity contribution in [2.45, 2.75) is 38.9 Å². The summed E-state index contributed by atoms with van der Waals surface area (Å²) >= 11 is 0. The summed E-state index contributed by atoms with van der Waals surface area (Å²) in [4.78, 5) is 4.15. The molecule has 4 rings (SSSR count). The molecule has 4 aromatic rings. The molecule has 0 unspecified atom stereocenters. The first kappa shape index (κ1) is 17.1. The summed E-state index contributed by atoms with van der Waals surface area (Å²) in [6.07, 6.45) is 3.51. The molecule has 2 aromatic heterocycles. The van der Waals surface area contributed by atoms with Gasteiger partial charge in [0.1, 0.15) is 5.58 Å². The predicted octanol–water partition coefficient (Wildman–Crippen LogP) is 3.94. The zero-order valence-corrected chi connectivity index (χ0v) is 15.4. The third-order valence-corrected chi connectivity index (χ3v) is 5.27. The molecular formula is C21H21BNO3. The Morgan fingerprint density at radius 2 is 1.85 bits per heavy atom. The van der Waals surface area contributed by atoms with Gasteiger partial charge >= 0.3 is 7.48 Å². The lowest BCUT2D eigenvalue weighted by atomic mass is 9.80. The fraction of sp³-hybridized carbons (Fsp3) is 0.286. The van der Waals surface area contributed by atoms with Gasteiger partial charge < -0.3 is 14.2 Å². The van der Waals surface area contributed by atoms with Crippen LogP contribution in [0.3, 0.4) is 0 Å². The number of hydrogen-bond acceptors (Lipinski definition) is 4. The predicted molar refractivity (Wildman–Crippen MR) is 106 cm³/mol. The van der Waals surface area contributed by atoms with Gasteiger partial charge in [-0.05, 0) is 50.7 Å². The lowest BCUT2D eigenvalue weighted by Crippen LogP contribution is -2.49. The Balaban J connectivity index is 1.87. The number of fused-ring (bicyclic) bond motifs is 5. The van der Waals surface area contributed by atoms with Crippen LogP contribution in [0.2, 0.25) is 0 Å². The van der Waals surface area contributed by atoms with Gasteiger partial charge in [0.2, 0.25) is 0 Å². The molecule has 0 saturated carbocycles. The summed E-state index contributed by atoms with van der Waals surface area (Å²) < 4.78 is 12.1. The van der Waals surface area contributed by atoms with E-state index in [4.69, 9.17) is 9.07 Å². The van der Waals surface area contributed by atoms with Crippen LogP contribution in [0.4, 0.5) is 0 Å². The molecule has 1 radical (unpaired) electrons. The Morgan fingerprint density at radius 1 is 1.04 bits per heavy atom. The van der Waals surface area contributed by atoms with Crippen LogP contribution in [0.25, 0.3) is 32.7 Å². The van der Waals surface area contributed by atoms with E-state index in [1.165, 1.54) is 0 Å². The summed E-state index contributed by atoms with van der Waals surface area (Å²) in [5, 5.41) is 14.5. The first-order valence-electron chi connectivity index (χ1n) is 8.69. The fourth-order valence-corrected chi connectivity index (χ4v) is 2.94. The highest BCUT2D eigenvalue weighted by Gasteiger charge is 2.35. The van der Waals surface area contributed by atoms with Crippen LogP contribution in [0.1, 0.15) is 27.7 Å². The molecule has 0 bridgehead atoms. The Labute approximate surface area is 153 Å². The molecule has 0 atom stereocenters. The van der Waals surface area contributed by atoms with E-state index in [1.807, 2.05) is 32.0 Å². The summed E-state index contributed by atoms with van der Waals surface area (Å²) in [6, 6.07) is 12.2. The normalized spacial score (nSPS) is 13.0. The third kappa shape index (κ3) is 2.68. The minimum atomic E-state index is -0.978. The van der Waals surface area contributed by atoms with Gasteiger partial charge in [-0.2, -0.15) is 0 Å². The zero-order valence-electron chi connectivity index (χ0n) is 15.4. The Kier molecular flexibility index (Phi) is 3.83. The minimum Gasteiger partial charge on any atom is -0.454 e. The topological polar surface area (TPSA) is 55.5 Å². The highest BCUT2D eigenvalue weighted by Crippen LogP contribution is 2.33. The monoisotopic (exact) mass is 346 g/mol. The van der Waals surface area contributed by atoms with Crippen LogP contribution >= 0.6 is 0 Å². The van der Waals surface area contributed by atoms with Gasteiger partial charge in [0, 0.05) is 22.4 Å². The third-order valence-electron chi connectivity index (χ3n) is 5.27. The Morgan fingerprint density at radius 3 is 2.62 bits per heavy atom. The number of pyridine rings is 1. The molecule has 0 aliphatic carbocycles. The van der Waals surface area contributed by atoms with Crippen molar-refractivity contribution in [3.63, 3.8) is 0 Å². The molecular weight excluding hydrogens is 325 g/mol. The van der Waals surface area contributed by atoms with E-state index in [9.17, 15) is 5.11 Å². The van der Waals surface area contributed by atoms with Gasteiger partial charge in [-0.3, -0.25) is 4.98 Å². The molecule has 0 spiro atoms. The van der Waals surface area contributed by atoms with E-state index in [1.54, 1.807) is 33.7 Å². The van der Waals surface area contributed by atoms with E-state index < -0.39 is 11.2 Å². The maximum atomic E-state index is 10.3. The van der Waals surface area contributed by atoms with Crippen molar-refractivity contribution in [2.75, 3.05) is 0 Å². The van der Waals surface area contributed by atoms with Crippen molar-refractivity contribution in [3.8, 4) is 0 Å². The SMILES string of the molecule is CC(C)(O)C(C)(C)O[B]c1cccc2ccc3c4ccncc4oc3c12. The average Bonchev–Trinajstić information content (AvgIpc) is 2.97. The summed E-state index contributed by atoms with van der Waals surface area (Å²) in [7, 11) is 1.71. The molecule has 26 heavy (non-hydrogen) atoms. The van der Waals surface area contributed by atoms with Gasteiger partial charge in [-0.1, -0.05) is 24.3 Å². The number of furan rings is 1. The molecule has 4 nitrogen and oxygen atoms in total. The quantitative estimate of drug-likeness (QED) is 0.569. The van der Waals surface area contributed by atoms with E-state index in [2.05, 4.69) is 23.2 Å². The van der Waals surface area contributed by atoms with Crippen molar-refractivity contribution < 1.29 is 14.2 Å². The van der Waals surface area contributed by atoms with Gasteiger partial charge in [0.15, 0.2) is 5.58 Å². The van der Waals surface area contributed by atoms with Crippen LogP contribution in [0.15, 0.2) is 53.2 Å². The number of hydrogen-bond donors (Lipinski definition) is 1. The maximum Gasteiger partial charge on any atom is 0.331 e. The van der Waals surface area contributed by atoms with Crippen LogP contribution in [-0.2, 0) is 4.65 Å². The van der Waals surface area contributed by atoms with Crippen molar-refractivity contribution in [2.24, 2.45) is 0 Å². The van der Waals surface area contributed by atoms with Crippen molar-refractivity contribution in [1.29, 1.82) is 0 Å². The Hall–Kier alpha value is -2.37. The van der Waals surface area contributed by atoms with Crippen LogP contribution in [0.5, 0.6) is 0 Å². The number of benzene rings is 2. The van der Waals surface area contributed by atoms with E-state index in [0.29, 0.717) is 0 Å². The van der Waals surface area contributed by atoms with Gasteiger partial charge in [0.25, 0.3) is 0 Å². The number of aliphatic hydroxyl groups is 1. The summed E-state index contributed by atoms with van der Waals surface area (Å²) in [5.74, 6) is 0. The zero-order chi connectivity index (χ0) is 18.5. The number of nitrogens with zero attached hydrogens (tertiary/aromatic N) is 1. The van der Waals surface area contributed by atoms with E-state index in [-0.39, 0.29) is 0 Å². The van der Waals surface area contributed by atoms with E-state index in [0.717, 1.165) is 38.2 Å². The van der Waals surface area contributed by atoms with Crippen molar-refractivity contribution >= 4 is 45.7 Å². The molecule has 1 N–H and O–H groups in total. The van der Waals surface area contributed by atoms with Crippen LogP contribution < -0.4 is 5.46 Å². The lowest BCUT2D eigenvalue weighted by Gasteiger charge is -2.37. The second kappa shape index (κ2) is 5.83. The minimum absolute atomic E-state index is 0.735. The standard InChI is InChI=1S/C21H21BNO3/c1-20(2,24)21(3,4)26-22-16-7-5-6-13-8-9-15-14-10-11-23-12-17(14)25-19(15)18(13)16/h5-12,24H,1-4H3. The van der Waals surface area contributed by atoms with Gasteiger partial charge in [0.05, 0.1) is 17.4 Å². The second-order valence-corrected chi connectivity index (χ2v) is 7.67. The first-order valence-corrected chi connectivity index (χ1v) is 8.69. The molecule has 0 fully saturated rings. The van der Waals surface area contributed by atoms with Crippen molar-refractivity contribution in [3.05, 3.63) is 48.8 Å². The molecule has 5 heteroatoms. The molecule has 2 aromatic carbocycles. The second-order valence-electron chi connectivity index (χ2n) is 7.67. The largest absolute Gasteiger partial charge is 0.454 e. The van der Waals surface area contributed by atoms with Gasteiger partial charge in [-0.25, -0.2) is 0 Å². The maximum absolute atomic E-state index is 10.3. The van der Waals surface area contributed by atoms with Crippen LogP contribution in [-0.4, -0.2) is 28.8 Å². The average molecular weight is 346 g/mol. The van der Waals surface area contributed by atoms with Crippen molar-refractivity contribution in [1.82, 2.24) is 4.98 Å². The number of rotatable bonds is 4. The smallest absolute Gasteiger partial charge is 0.331 e. The highest BCUT2D eigenvalue weighted by molar-refractivity contribution is 6.53. The molecule has 0 aliphatic rings. The first-order chi connectivity index (χ1) is 12.3. The van der Waals surface area contributed by atoms with Crippen LogP contribution in [0, 0.1) is 0 Å². The molecule has 0 amide bonds. The fourth-order valence-electron chi connectivity index (χ4n) is 2.94.